The van der Waals surface area contributed by atoms with E-state index in [9.17, 15) is 8.42 Å². The second-order valence-electron chi connectivity index (χ2n) is 6.09. The first-order valence-electron chi connectivity index (χ1n) is 7.02. The van der Waals surface area contributed by atoms with Crippen molar-refractivity contribution in [3.05, 3.63) is 29.8 Å². The molecule has 0 aliphatic rings. The van der Waals surface area contributed by atoms with E-state index in [4.69, 9.17) is 10.5 Å². The molecule has 0 aliphatic heterocycles. The number of benzene rings is 1. The van der Waals surface area contributed by atoms with Crippen molar-refractivity contribution in [3.8, 4) is 0 Å². The predicted octanol–water partition coefficient (Wildman–Crippen LogP) is 2.05. The van der Waals surface area contributed by atoms with E-state index in [1.807, 2.05) is 26.8 Å². The molecule has 5 nitrogen and oxygen atoms in total. The summed E-state index contributed by atoms with van der Waals surface area (Å²) in [6, 6.07) is 6.54. The monoisotopic (exact) mass is 314 g/mol. The first-order chi connectivity index (χ1) is 9.68. The van der Waals surface area contributed by atoms with Gasteiger partial charge in [-0.2, -0.15) is 0 Å². The predicted molar refractivity (Wildman–Crippen MR) is 84.5 cm³/mol. The van der Waals surface area contributed by atoms with Gasteiger partial charge < -0.3 is 10.5 Å². The summed E-state index contributed by atoms with van der Waals surface area (Å²) in [6.07, 6.45) is 0.784. The number of sulfonamides is 1. The van der Waals surface area contributed by atoms with Crippen LogP contribution < -0.4 is 10.5 Å². The zero-order valence-corrected chi connectivity index (χ0v) is 14.0. The van der Waals surface area contributed by atoms with Crippen LogP contribution in [0.3, 0.4) is 0 Å². The fraction of sp³-hybridized carbons (Fsp3) is 0.600. The molecule has 0 aliphatic carbocycles. The van der Waals surface area contributed by atoms with Gasteiger partial charge in [0, 0.05) is 26.3 Å². The minimum absolute atomic E-state index is 0.165. The topological polar surface area (TPSA) is 81.4 Å². The lowest BCUT2D eigenvalue weighted by Crippen LogP contribution is -2.34. The molecule has 1 atom stereocenters. The van der Waals surface area contributed by atoms with Gasteiger partial charge in [0.2, 0.25) is 10.0 Å². The molecule has 1 rings (SSSR count). The smallest absolute Gasteiger partial charge is 0.240 e. The van der Waals surface area contributed by atoms with E-state index in [0.717, 1.165) is 12.0 Å². The second-order valence-corrected chi connectivity index (χ2v) is 7.86. The SMILES string of the molecule is COCCC(C)(C)CNS(=O)(=O)c1cccc(C(C)N)c1. The van der Waals surface area contributed by atoms with Gasteiger partial charge in [-0.05, 0) is 36.5 Å². The lowest BCUT2D eigenvalue weighted by molar-refractivity contribution is 0.153. The number of nitrogens with one attached hydrogen (secondary N) is 1. The third-order valence-corrected chi connectivity index (χ3v) is 4.82. The van der Waals surface area contributed by atoms with E-state index >= 15 is 0 Å². The van der Waals surface area contributed by atoms with Gasteiger partial charge in [-0.15, -0.1) is 0 Å². The molecule has 1 unspecified atom stereocenters. The molecular formula is C15H26N2O3S. The number of ether oxygens (including phenoxy) is 1. The van der Waals surface area contributed by atoms with Crippen LogP contribution in [0.5, 0.6) is 0 Å². The molecule has 1 aromatic rings. The fourth-order valence-corrected chi connectivity index (χ4v) is 3.10. The average Bonchev–Trinajstić information content (AvgIpc) is 2.43. The molecule has 0 heterocycles. The average molecular weight is 314 g/mol. The Labute approximate surface area is 127 Å². The van der Waals surface area contributed by atoms with Gasteiger partial charge in [-0.25, -0.2) is 13.1 Å². The lowest BCUT2D eigenvalue weighted by Gasteiger charge is -2.24. The molecule has 0 amide bonds. The van der Waals surface area contributed by atoms with Gasteiger partial charge in [0.05, 0.1) is 4.90 Å². The van der Waals surface area contributed by atoms with Gasteiger partial charge >= 0.3 is 0 Å². The van der Waals surface area contributed by atoms with Crippen LogP contribution >= 0.6 is 0 Å². The van der Waals surface area contributed by atoms with Gasteiger partial charge in [-0.3, -0.25) is 0 Å². The first kappa shape index (κ1) is 18.1. The summed E-state index contributed by atoms with van der Waals surface area (Å²) in [5.74, 6) is 0. The van der Waals surface area contributed by atoms with E-state index in [0.29, 0.717) is 13.2 Å². The minimum Gasteiger partial charge on any atom is -0.385 e. The van der Waals surface area contributed by atoms with Crippen LogP contribution in [-0.4, -0.2) is 28.7 Å². The number of rotatable bonds is 8. The molecular weight excluding hydrogens is 288 g/mol. The largest absolute Gasteiger partial charge is 0.385 e. The van der Waals surface area contributed by atoms with E-state index in [1.165, 1.54) is 0 Å². The van der Waals surface area contributed by atoms with Gasteiger partial charge in [0.15, 0.2) is 0 Å². The van der Waals surface area contributed by atoms with E-state index in [2.05, 4.69) is 4.72 Å². The highest BCUT2D eigenvalue weighted by atomic mass is 32.2. The number of hydrogen-bond acceptors (Lipinski definition) is 4. The van der Waals surface area contributed by atoms with Crippen LogP contribution in [0.1, 0.15) is 38.8 Å². The van der Waals surface area contributed by atoms with Crippen LogP contribution in [0.25, 0.3) is 0 Å². The van der Waals surface area contributed by atoms with Crippen LogP contribution in [0.15, 0.2) is 29.2 Å². The highest BCUT2D eigenvalue weighted by Crippen LogP contribution is 2.21. The summed E-state index contributed by atoms with van der Waals surface area (Å²) in [5, 5.41) is 0. The van der Waals surface area contributed by atoms with Crippen molar-refractivity contribution in [1.82, 2.24) is 4.72 Å². The third kappa shape index (κ3) is 5.74. The molecule has 0 saturated carbocycles. The van der Waals surface area contributed by atoms with Gasteiger partial charge in [0.25, 0.3) is 0 Å². The summed E-state index contributed by atoms with van der Waals surface area (Å²) in [7, 11) is -1.88. The Morgan fingerprint density at radius 1 is 1.38 bits per heavy atom. The molecule has 0 saturated heterocycles. The normalized spacial score (nSPS) is 14.1. The maximum absolute atomic E-state index is 12.3. The van der Waals surface area contributed by atoms with Crippen molar-refractivity contribution in [2.75, 3.05) is 20.3 Å². The Morgan fingerprint density at radius 3 is 2.62 bits per heavy atom. The first-order valence-corrected chi connectivity index (χ1v) is 8.50. The van der Waals surface area contributed by atoms with Crippen LogP contribution in [0, 0.1) is 5.41 Å². The molecule has 1 aromatic carbocycles. The summed E-state index contributed by atoms with van der Waals surface area (Å²) in [4.78, 5) is 0.250. The van der Waals surface area contributed by atoms with Crippen LogP contribution in [-0.2, 0) is 14.8 Å². The summed E-state index contributed by atoms with van der Waals surface area (Å²) in [5.41, 5.74) is 6.43. The minimum atomic E-state index is -3.52. The van der Waals surface area contributed by atoms with E-state index in [-0.39, 0.29) is 16.4 Å². The molecule has 120 valence electrons. The zero-order chi connectivity index (χ0) is 16.1. The molecule has 0 bridgehead atoms. The zero-order valence-electron chi connectivity index (χ0n) is 13.2. The number of methoxy groups -OCH3 is 1. The quantitative estimate of drug-likeness (QED) is 0.769. The highest BCUT2D eigenvalue weighted by molar-refractivity contribution is 7.89. The Morgan fingerprint density at radius 2 is 2.05 bits per heavy atom. The molecule has 6 heteroatoms. The Balaban J connectivity index is 2.80. The maximum Gasteiger partial charge on any atom is 0.240 e. The van der Waals surface area contributed by atoms with Gasteiger partial charge in [-0.1, -0.05) is 26.0 Å². The van der Waals surface area contributed by atoms with Crippen molar-refractivity contribution in [2.45, 2.75) is 38.1 Å². The van der Waals surface area contributed by atoms with Crippen molar-refractivity contribution >= 4 is 10.0 Å². The van der Waals surface area contributed by atoms with E-state index < -0.39 is 10.0 Å². The highest BCUT2D eigenvalue weighted by Gasteiger charge is 2.22. The molecule has 0 radical (unpaired) electrons. The standard InChI is InChI=1S/C15H26N2O3S/c1-12(16)13-6-5-7-14(10-13)21(18,19)17-11-15(2,3)8-9-20-4/h5-7,10,12,17H,8-9,11,16H2,1-4H3. The Kier molecular flexibility index (Phi) is 6.34. The van der Waals surface area contributed by atoms with Crippen molar-refractivity contribution < 1.29 is 13.2 Å². The summed E-state index contributed by atoms with van der Waals surface area (Å²) in [6.45, 7) is 6.81. The third-order valence-electron chi connectivity index (χ3n) is 3.42. The number of nitrogens with two attached hydrogens (primary N) is 1. The maximum atomic E-state index is 12.3. The molecule has 21 heavy (non-hydrogen) atoms. The van der Waals surface area contributed by atoms with Crippen molar-refractivity contribution in [1.29, 1.82) is 0 Å². The van der Waals surface area contributed by atoms with Gasteiger partial charge in [0.1, 0.15) is 0 Å². The Bertz CT molecular complexity index is 554. The van der Waals surface area contributed by atoms with E-state index in [1.54, 1.807) is 25.3 Å². The summed E-state index contributed by atoms with van der Waals surface area (Å²) >= 11 is 0. The van der Waals surface area contributed by atoms with Crippen molar-refractivity contribution in [3.63, 3.8) is 0 Å². The molecule has 3 N–H and O–H groups in total. The molecule has 0 spiro atoms. The Hall–Kier alpha value is -0.950. The molecule has 0 aromatic heterocycles. The molecule has 0 fully saturated rings. The van der Waals surface area contributed by atoms with Crippen molar-refractivity contribution in [2.24, 2.45) is 11.1 Å². The fourth-order valence-electron chi connectivity index (χ4n) is 1.81. The number of hydrogen-bond donors (Lipinski definition) is 2. The lowest BCUT2D eigenvalue weighted by atomic mass is 9.90. The second kappa shape index (κ2) is 7.35. The summed E-state index contributed by atoms with van der Waals surface area (Å²) < 4.78 is 32.4. The van der Waals surface area contributed by atoms with Crippen LogP contribution in [0.4, 0.5) is 0 Å². The van der Waals surface area contributed by atoms with Crippen LogP contribution in [0.2, 0.25) is 0 Å².